The van der Waals surface area contributed by atoms with Crippen LogP contribution in [0.15, 0.2) is 0 Å². The Kier molecular flexibility index (Phi) is 7.01. The van der Waals surface area contributed by atoms with Crippen LogP contribution in [0.1, 0.15) is 46.0 Å². The minimum Gasteiger partial charge on any atom is -0.377 e. The lowest BCUT2D eigenvalue weighted by Gasteiger charge is -2.33. The number of nitrogens with zero attached hydrogens (tertiary/aromatic N) is 1. The van der Waals surface area contributed by atoms with Gasteiger partial charge in [-0.05, 0) is 32.7 Å². The average molecular weight is 228 g/mol. The molecule has 0 aromatic rings. The maximum atomic E-state index is 6.13. The summed E-state index contributed by atoms with van der Waals surface area (Å²) in [4.78, 5) is 2.48. The minimum atomic E-state index is 0.348. The Morgan fingerprint density at radius 3 is 2.94 bits per heavy atom. The van der Waals surface area contributed by atoms with E-state index in [4.69, 9.17) is 10.5 Å². The maximum Gasteiger partial charge on any atom is 0.0702 e. The van der Waals surface area contributed by atoms with Crippen LogP contribution in [-0.4, -0.2) is 43.3 Å². The smallest absolute Gasteiger partial charge is 0.0702 e. The predicted molar refractivity (Wildman–Crippen MR) is 68.6 cm³/mol. The SMILES string of the molecule is CCCCC(N)CN1CCCC(OCC)C1. The molecule has 0 radical (unpaired) electrons. The van der Waals surface area contributed by atoms with Crippen LogP contribution in [0.25, 0.3) is 0 Å². The molecule has 0 amide bonds. The molecule has 96 valence electrons. The van der Waals surface area contributed by atoms with Gasteiger partial charge in [-0.1, -0.05) is 19.8 Å². The third-order valence-corrected chi connectivity index (χ3v) is 3.29. The zero-order valence-corrected chi connectivity index (χ0v) is 11.0. The minimum absolute atomic E-state index is 0.348. The summed E-state index contributed by atoms with van der Waals surface area (Å²) in [5.41, 5.74) is 6.13. The molecule has 0 aliphatic carbocycles. The van der Waals surface area contributed by atoms with E-state index in [1.165, 1.54) is 32.2 Å². The Morgan fingerprint density at radius 1 is 1.44 bits per heavy atom. The Balaban J connectivity index is 2.20. The van der Waals surface area contributed by atoms with Crippen molar-refractivity contribution >= 4 is 0 Å². The van der Waals surface area contributed by atoms with Gasteiger partial charge in [0.1, 0.15) is 0 Å². The third-order valence-electron chi connectivity index (χ3n) is 3.29. The van der Waals surface area contributed by atoms with E-state index in [-0.39, 0.29) is 0 Å². The second-order valence-corrected chi connectivity index (χ2v) is 4.88. The van der Waals surface area contributed by atoms with Gasteiger partial charge in [-0.3, -0.25) is 4.90 Å². The summed E-state index contributed by atoms with van der Waals surface area (Å²) in [6, 6.07) is 0.348. The van der Waals surface area contributed by atoms with Crippen molar-refractivity contribution in [2.45, 2.75) is 58.1 Å². The molecule has 3 heteroatoms. The van der Waals surface area contributed by atoms with Gasteiger partial charge >= 0.3 is 0 Å². The zero-order valence-electron chi connectivity index (χ0n) is 11.0. The van der Waals surface area contributed by atoms with Crippen LogP contribution >= 0.6 is 0 Å². The molecule has 16 heavy (non-hydrogen) atoms. The highest BCUT2D eigenvalue weighted by Gasteiger charge is 2.21. The second kappa shape index (κ2) is 8.04. The first-order valence-corrected chi connectivity index (χ1v) is 6.85. The lowest BCUT2D eigenvalue weighted by Crippen LogP contribution is -2.45. The van der Waals surface area contributed by atoms with E-state index in [1.54, 1.807) is 0 Å². The summed E-state index contributed by atoms with van der Waals surface area (Å²) in [6.07, 6.45) is 6.57. The highest BCUT2D eigenvalue weighted by Crippen LogP contribution is 2.14. The van der Waals surface area contributed by atoms with Crippen molar-refractivity contribution in [3.8, 4) is 0 Å². The molecule has 1 heterocycles. The standard InChI is InChI=1S/C13H28N2O/c1-3-5-7-12(14)10-15-9-6-8-13(11-15)16-4-2/h12-13H,3-11,14H2,1-2H3. The quantitative estimate of drug-likeness (QED) is 0.724. The monoisotopic (exact) mass is 228 g/mol. The summed E-state index contributed by atoms with van der Waals surface area (Å²) in [5, 5.41) is 0. The fourth-order valence-electron chi connectivity index (χ4n) is 2.44. The van der Waals surface area contributed by atoms with Crippen molar-refractivity contribution in [1.82, 2.24) is 4.90 Å². The molecule has 1 fully saturated rings. The predicted octanol–water partition coefficient (Wildman–Crippen LogP) is 2.00. The molecule has 1 aliphatic heterocycles. The van der Waals surface area contributed by atoms with Gasteiger partial charge in [-0.15, -0.1) is 0 Å². The average Bonchev–Trinajstić information content (AvgIpc) is 2.27. The number of unbranched alkanes of at least 4 members (excludes halogenated alkanes) is 1. The molecule has 0 spiro atoms. The number of likely N-dealkylation sites (tertiary alicyclic amines) is 1. The third kappa shape index (κ3) is 5.28. The maximum absolute atomic E-state index is 6.13. The molecule has 1 saturated heterocycles. The molecular formula is C13H28N2O. The molecule has 0 bridgehead atoms. The van der Waals surface area contributed by atoms with Crippen molar-refractivity contribution in [2.24, 2.45) is 5.73 Å². The lowest BCUT2D eigenvalue weighted by atomic mass is 10.1. The number of nitrogens with two attached hydrogens (primary N) is 1. The molecule has 2 N–H and O–H groups in total. The van der Waals surface area contributed by atoms with E-state index in [9.17, 15) is 0 Å². The van der Waals surface area contributed by atoms with E-state index in [2.05, 4.69) is 18.7 Å². The first-order chi connectivity index (χ1) is 7.76. The van der Waals surface area contributed by atoms with Gasteiger partial charge in [0, 0.05) is 25.7 Å². The molecule has 2 atom stereocenters. The summed E-state index contributed by atoms with van der Waals surface area (Å²) >= 11 is 0. The van der Waals surface area contributed by atoms with Crippen LogP contribution in [0.5, 0.6) is 0 Å². The molecule has 3 nitrogen and oxygen atoms in total. The Morgan fingerprint density at radius 2 is 2.25 bits per heavy atom. The van der Waals surface area contributed by atoms with Gasteiger partial charge in [0.05, 0.1) is 6.10 Å². The van der Waals surface area contributed by atoms with E-state index >= 15 is 0 Å². The van der Waals surface area contributed by atoms with Gasteiger partial charge in [0.15, 0.2) is 0 Å². The van der Waals surface area contributed by atoms with E-state index in [0.29, 0.717) is 12.1 Å². The van der Waals surface area contributed by atoms with Gasteiger partial charge < -0.3 is 10.5 Å². The van der Waals surface area contributed by atoms with Crippen molar-refractivity contribution in [3.63, 3.8) is 0 Å². The largest absolute Gasteiger partial charge is 0.377 e. The Labute approximate surface area is 100 Å². The van der Waals surface area contributed by atoms with Crippen LogP contribution in [0.4, 0.5) is 0 Å². The van der Waals surface area contributed by atoms with Gasteiger partial charge in [0.25, 0.3) is 0 Å². The van der Waals surface area contributed by atoms with Crippen LogP contribution in [0.3, 0.4) is 0 Å². The fourth-order valence-corrected chi connectivity index (χ4v) is 2.44. The van der Waals surface area contributed by atoms with Crippen LogP contribution < -0.4 is 5.73 Å². The summed E-state index contributed by atoms with van der Waals surface area (Å²) in [5.74, 6) is 0. The first-order valence-electron chi connectivity index (χ1n) is 6.85. The normalized spacial score (nSPS) is 24.6. The molecule has 1 rings (SSSR count). The fraction of sp³-hybridized carbons (Fsp3) is 1.00. The molecule has 0 aromatic carbocycles. The van der Waals surface area contributed by atoms with Crippen LogP contribution in [0.2, 0.25) is 0 Å². The zero-order chi connectivity index (χ0) is 11.8. The number of rotatable bonds is 7. The van der Waals surface area contributed by atoms with Crippen molar-refractivity contribution in [1.29, 1.82) is 0 Å². The van der Waals surface area contributed by atoms with E-state index < -0.39 is 0 Å². The van der Waals surface area contributed by atoms with Crippen molar-refractivity contribution in [2.75, 3.05) is 26.2 Å². The van der Waals surface area contributed by atoms with Crippen LogP contribution in [0, 0.1) is 0 Å². The topological polar surface area (TPSA) is 38.5 Å². The van der Waals surface area contributed by atoms with E-state index in [1.807, 2.05) is 0 Å². The number of hydrogen-bond acceptors (Lipinski definition) is 3. The molecule has 0 saturated carbocycles. The molecule has 2 unspecified atom stereocenters. The summed E-state index contributed by atoms with van der Waals surface area (Å²) in [7, 11) is 0. The number of ether oxygens (including phenoxy) is 1. The lowest BCUT2D eigenvalue weighted by molar-refractivity contribution is 0.00433. The van der Waals surface area contributed by atoms with Crippen LogP contribution in [-0.2, 0) is 4.74 Å². The number of hydrogen-bond donors (Lipinski definition) is 1. The Bertz CT molecular complexity index is 173. The van der Waals surface area contributed by atoms with Crippen molar-refractivity contribution in [3.05, 3.63) is 0 Å². The van der Waals surface area contributed by atoms with Gasteiger partial charge in [-0.2, -0.15) is 0 Å². The van der Waals surface area contributed by atoms with Gasteiger partial charge in [0.2, 0.25) is 0 Å². The molecular weight excluding hydrogens is 200 g/mol. The first kappa shape index (κ1) is 13.9. The molecule has 0 aromatic heterocycles. The van der Waals surface area contributed by atoms with Crippen molar-refractivity contribution < 1.29 is 4.74 Å². The van der Waals surface area contributed by atoms with Gasteiger partial charge in [-0.25, -0.2) is 0 Å². The molecule has 1 aliphatic rings. The summed E-state index contributed by atoms with van der Waals surface area (Å²) in [6.45, 7) is 8.45. The second-order valence-electron chi connectivity index (χ2n) is 4.88. The Hall–Kier alpha value is -0.120. The van der Waals surface area contributed by atoms with E-state index in [0.717, 1.165) is 26.1 Å². The summed E-state index contributed by atoms with van der Waals surface area (Å²) < 4.78 is 5.69. The highest BCUT2D eigenvalue weighted by atomic mass is 16.5. The highest BCUT2D eigenvalue weighted by molar-refractivity contribution is 4.76. The number of piperidine rings is 1.